The maximum atomic E-state index is 13.7. The minimum Gasteiger partial charge on any atom is -0.508 e. The van der Waals surface area contributed by atoms with Crippen LogP contribution in [0.2, 0.25) is 0 Å². The Morgan fingerprint density at radius 3 is 2.14 bits per heavy atom. The number of aliphatic carboxylic acids is 2. The summed E-state index contributed by atoms with van der Waals surface area (Å²) >= 11 is 1.41. The lowest BCUT2D eigenvalue weighted by Crippen LogP contribution is -2.58. The average Bonchev–Trinajstić information content (AvgIpc) is 3.40. The van der Waals surface area contributed by atoms with Crippen LogP contribution in [0.5, 0.6) is 5.75 Å². The molecular formula is C30H37N5O8S. The first-order valence-corrected chi connectivity index (χ1v) is 15.3. The molecule has 3 rings (SSSR count). The van der Waals surface area contributed by atoms with Gasteiger partial charge in [-0.2, -0.15) is 11.8 Å². The number of rotatable bonds is 17. The molecule has 0 fully saturated rings. The van der Waals surface area contributed by atoms with Crippen LogP contribution in [0.25, 0.3) is 10.9 Å². The van der Waals surface area contributed by atoms with Crippen LogP contribution < -0.4 is 21.7 Å². The van der Waals surface area contributed by atoms with Crippen molar-refractivity contribution in [3.8, 4) is 5.75 Å². The Hall–Kier alpha value is -4.56. The molecule has 0 radical (unpaired) electrons. The van der Waals surface area contributed by atoms with Gasteiger partial charge in [0.05, 0.1) is 6.04 Å². The SMILES string of the molecule is CSCCC(NC(=O)C(Cc1c[nH]c2ccccc12)NC(=O)C(N)Cc1ccc(O)cc1)C(=O)NC(CCC(=O)O)C(=O)O. The number of carboxylic acids is 2. The molecule has 0 spiro atoms. The Morgan fingerprint density at radius 2 is 1.48 bits per heavy atom. The average molecular weight is 628 g/mol. The predicted octanol–water partition coefficient (Wildman–Crippen LogP) is 1.14. The van der Waals surface area contributed by atoms with Gasteiger partial charge in [-0.1, -0.05) is 30.3 Å². The molecule has 4 atom stereocenters. The number of thioether (sulfide) groups is 1. The molecule has 0 aliphatic heterocycles. The number of aromatic amines is 1. The zero-order valence-corrected chi connectivity index (χ0v) is 24.9. The number of benzene rings is 2. The lowest BCUT2D eigenvalue weighted by atomic mass is 10.0. The van der Waals surface area contributed by atoms with Gasteiger partial charge in [0, 0.05) is 29.9 Å². The number of phenolic OH excluding ortho intramolecular Hbond substituents is 1. The van der Waals surface area contributed by atoms with Crippen molar-refractivity contribution >= 4 is 52.3 Å². The maximum absolute atomic E-state index is 13.7. The summed E-state index contributed by atoms with van der Waals surface area (Å²) in [5.41, 5.74) is 8.44. The highest BCUT2D eigenvalue weighted by Crippen LogP contribution is 2.20. The molecule has 44 heavy (non-hydrogen) atoms. The molecule has 13 nitrogen and oxygen atoms in total. The fourth-order valence-corrected chi connectivity index (χ4v) is 5.03. The summed E-state index contributed by atoms with van der Waals surface area (Å²) in [5.74, 6) is -4.17. The molecule has 3 amide bonds. The highest BCUT2D eigenvalue weighted by atomic mass is 32.2. The van der Waals surface area contributed by atoms with Crippen LogP contribution in [0.15, 0.2) is 54.7 Å². The number of H-pyrrole nitrogens is 1. The first kappa shape index (κ1) is 33.9. The second kappa shape index (κ2) is 16.3. The maximum Gasteiger partial charge on any atom is 0.326 e. The van der Waals surface area contributed by atoms with E-state index >= 15 is 0 Å². The van der Waals surface area contributed by atoms with E-state index in [9.17, 15) is 34.2 Å². The molecule has 14 heteroatoms. The van der Waals surface area contributed by atoms with Gasteiger partial charge in [0.25, 0.3) is 0 Å². The van der Waals surface area contributed by atoms with E-state index < -0.39 is 60.2 Å². The quantitative estimate of drug-likeness (QED) is 0.107. The number of aromatic nitrogens is 1. The van der Waals surface area contributed by atoms with Crippen LogP contribution in [0.4, 0.5) is 0 Å². The molecule has 236 valence electrons. The Labute approximate surface area is 258 Å². The van der Waals surface area contributed by atoms with Crippen LogP contribution >= 0.6 is 11.8 Å². The number of carbonyl (C=O) groups excluding carboxylic acids is 3. The summed E-state index contributed by atoms with van der Waals surface area (Å²) in [6.45, 7) is 0. The van der Waals surface area contributed by atoms with Gasteiger partial charge in [-0.05, 0) is 60.6 Å². The second-order valence-electron chi connectivity index (χ2n) is 10.3. The van der Waals surface area contributed by atoms with Gasteiger partial charge < -0.3 is 42.0 Å². The zero-order chi connectivity index (χ0) is 32.2. The lowest BCUT2D eigenvalue weighted by molar-refractivity contribution is -0.143. The number of carboxylic acid groups (broad SMARTS) is 2. The third-order valence-corrected chi connectivity index (χ3v) is 7.61. The van der Waals surface area contributed by atoms with E-state index in [1.54, 1.807) is 24.6 Å². The van der Waals surface area contributed by atoms with Crippen LogP contribution in [0.1, 0.15) is 30.4 Å². The zero-order valence-electron chi connectivity index (χ0n) is 24.1. The van der Waals surface area contributed by atoms with E-state index in [1.165, 1.54) is 23.9 Å². The van der Waals surface area contributed by atoms with Crippen LogP contribution in [-0.4, -0.2) is 86.1 Å². The first-order valence-electron chi connectivity index (χ1n) is 13.9. The van der Waals surface area contributed by atoms with Gasteiger partial charge in [-0.25, -0.2) is 4.79 Å². The van der Waals surface area contributed by atoms with Crippen LogP contribution in [-0.2, 0) is 36.8 Å². The lowest BCUT2D eigenvalue weighted by Gasteiger charge is -2.25. The van der Waals surface area contributed by atoms with Gasteiger partial charge >= 0.3 is 11.9 Å². The predicted molar refractivity (Wildman–Crippen MR) is 165 cm³/mol. The minimum atomic E-state index is -1.47. The molecule has 3 aromatic rings. The van der Waals surface area contributed by atoms with E-state index in [2.05, 4.69) is 20.9 Å². The molecule has 1 aromatic heterocycles. The smallest absolute Gasteiger partial charge is 0.326 e. The topological polar surface area (TPSA) is 224 Å². The van der Waals surface area contributed by atoms with Crippen molar-refractivity contribution in [2.75, 3.05) is 12.0 Å². The monoisotopic (exact) mass is 627 g/mol. The molecule has 1 heterocycles. The Morgan fingerprint density at radius 1 is 0.841 bits per heavy atom. The number of hydrogen-bond donors (Lipinski definition) is 8. The largest absolute Gasteiger partial charge is 0.508 e. The molecule has 4 unspecified atom stereocenters. The summed E-state index contributed by atoms with van der Waals surface area (Å²) < 4.78 is 0. The molecule has 0 bridgehead atoms. The van der Waals surface area contributed by atoms with Gasteiger partial charge in [0.1, 0.15) is 23.9 Å². The highest BCUT2D eigenvalue weighted by Gasteiger charge is 2.31. The molecule has 0 aliphatic carbocycles. The molecule has 0 aliphatic rings. The van der Waals surface area contributed by atoms with Crippen molar-refractivity contribution in [3.63, 3.8) is 0 Å². The molecule has 2 aromatic carbocycles. The van der Waals surface area contributed by atoms with E-state index in [0.717, 1.165) is 16.5 Å². The fourth-order valence-electron chi connectivity index (χ4n) is 4.56. The number of phenols is 1. The number of nitrogens with one attached hydrogen (secondary N) is 4. The van der Waals surface area contributed by atoms with Crippen molar-refractivity contribution < 1.29 is 39.3 Å². The van der Waals surface area contributed by atoms with Gasteiger partial charge in [0.2, 0.25) is 17.7 Å². The van der Waals surface area contributed by atoms with Crippen molar-refractivity contribution in [1.29, 1.82) is 0 Å². The van der Waals surface area contributed by atoms with Crippen molar-refractivity contribution in [1.82, 2.24) is 20.9 Å². The second-order valence-corrected chi connectivity index (χ2v) is 11.3. The molecule has 9 N–H and O–H groups in total. The molecule has 0 saturated carbocycles. The van der Waals surface area contributed by atoms with E-state index in [4.69, 9.17) is 10.8 Å². The summed E-state index contributed by atoms with van der Waals surface area (Å²) in [6.07, 6.45) is 3.07. The minimum absolute atomic E-state index is 0.0563. The number of fused-ring (bicyclic) bond motifs is 1. The Bertz CT molecular complexity index is 1460. The van der Waals surface area contributed by atoms with Crippen molar-refractivity contribution in [2.24, 2.45) is 5.73 Å². The third kappa shape index (κ3) is 10.0. The van der Waals surface area contributed by atoms with Crippen LogP contribution in [0, 0.1) is 0 Å². The standard InChI is InChI=1S/C30H37N5O8S/c1-44-13-12-23(28(40)34-24(30(42)43)10-11-26(37)38)33-29(41)25(15-18-16-32-22-5-3-2-4-20(18)22)35-27(39)21(31)14-17-6-8-19(36)9-7-17/h2-9,16,21,23-25,32,36H,10-15,31H2,1H3,(H,33,41)(H,34,40)(H,35,39)(H,37,38)(H,42,43). The first-order chi connectivity index (χ1) is 21.0. The van der Waals surface area contributed by atoms with Gasteiger partial charge in [0.15, 0.2) is 0 Å². The Balaban J connectivity index is 1.81. The number of carbonyl (C=O) groups is 5. The number of hydrogen-bond acceptors (Lipinski definition) is 8. The van der Waals surface area contributed by atoms with Gasteiger partial charge in [-0.15, -0.1) is 0 Å². The number of aromatic hydroxyl groups is 1. The van der Waals surface area contributed by atoms with E-state index in [1.807, 2.05) is 24.3 Å². The summed E-state index contributed by atoms with van der Waals surface area (Å²) in [7, 11) is 0. The summed E-state index contributed by atoms with van der Waals surface area (Å²) in [5, 5.41) is 36.5. The molecular weight excluding hydrogens is 590 g/mol. The number of para-hydroxylation sites is 1. The van der Waals surface area contributed by atoms with Crippen molar-refractivity contribution in [3.05, 3.63) is 65.9 Å². The van der Waals surface area contributed by atoms with Gasteiger partial charge in [-0.3, -0.25) is 19.2 Å². The van der Waals surface area contributed by atoms with E-state index in [0.29, 0.717) is 11.3 Å². The van der Waals surface area contributed by atoms with E-state index in [-0.39, 0.29) is 31.4 Å². The van der Waals surface area contributed by atoms with Crippen LogP contribution in [0.3, 0.4) is 0 Å². The highest BCUT2D eigenvalue weighted by molar-refractivity contribution is 7.98. The number of amides is 3. The third-order valence-electron chi connectivity index (χ3n) is 6.97. The fraction of sp³-hybridized carbons (Fsp3) is 0.367. The normalized spacial score (nSPS) is 13.8. The molecule has 0 saturated heterocycles. The number of nitrogens with two attached hydrogens (primary N) is 1. The van der Waals surface area contributed by atoms with Crippen molar-refractivity contribution in [2.45, 2.75) is 56.3 Å². The summed E-state index contributed by atoms with van der Waals surface area (Å²) in [6, 6.07) is 8.84. The Kier molecular flexibility index (Phi) is 12.6. The summed E-state index contributed by atoms with van der Waals surface area (Å²) in [4.78, 5) is 65.8.